The minimum Gasteiger partial charge on any atom is -0.319 e. The van der Waals surface area contributed by atoms with E-state index in [4.69, 9.17) is 0 Å². The van der Waals surface area contributed by atoms with Crippen molar-refractivity contribution in [2.75, 3.05) is 5.32 Å². The van der Waals surface area contributed by atoms with Gasteiger partial charge in [-0.05, 0) is 48.9 Å². The first-order valence-corrected chi connectivity index (χ1v) is 8.20. The number of nitrogens with zero attached hydrogens (tertiary/aromatic N) is 1. The molecule has 24 heavy (non-hydrogen) atoms. The van der Waals surface area contributed by atoms with Gasteiger partial charge < -0.3 is 5.32 Å². The molecule has 1 heterocycles. The quantitative estimate of drug-likeness (QED) is 0.733. The summed E-state index contributed by atoms with van der Waals surface area (Å²) in [4.78, 5) is 17.8. The van der Waals surface area contributed by atoms with E-state index >= 15 is 0 Å². The van der Waals surface area contributed by atoms with E-state index in [1.165, 1.54) is 17.8 Å². The number of carbonyl (C=O) groups is 1. The Hall–Kier alpha value is -2.66. The molecule has 1 aromatic heterocycles. The minimum absolute atomic E-state index is 0.158. The Bertz CT molecular complexity index is 868. The van der Waals surface area contributed by atoms with Gasteiger partial charge in [0.1, 0.15) is 10.8 Å². The molecule has 1 N–H and O–H groups in total. The van der Waals surface area contributed by atoms with E-state index in [-0.39, 0.29) is 11.6 Å². The molecule has 3 rings (SSSR count). The van der Waals surface area contributed by atoms with Crippen molar-refractivity contribution >= 4 is 23.4 Å². The summed E-state index contributed by atoms with van der Waals surface area (Å²) < 4.78 is 13.9. The van der Waals surface area contributed by atoms with E-state index < -0.39 is 5.82 Å². The molecular formula is C19H15FN2OS. The Morgan fingerprint density at radius 3 is 2.62 bits per heavy atom. The predicted molar refractivity (Wildman–Crippen MR) is 93.9 cm³/mol. The fourth-order valence-electron chi connectivity index (χ4n) is 2.16. The van der Waals surface area contributed by atoms with Gasteiger partial charge in [-0.3, -0.25) is 4.79 Å². The maximum Gasteiger partial charge on any atom is 0.258 e. The van der Waals surface area contributed by atoms with E-state index in [0.717, 1.165) is 10.5 Å². The lowest BCUT2D eigenvalue weighted by Crippen LogP contribution is -2.14. The van der Waals surface area contributed by atoms with E-state index in [9.17, 15) is 9.18 Å². The Morgan fingerprint density at radius 2 is 1.88 bits per heavy atom. The molecule has 0 spiro atoms. The van der Waals surface area contributed by atoms with Crippen molar-refractivity contribution in [2.45, 2.75) is 16.8 Å². The van der Waals surface area contributed by atoms with Crippen LogP contribution in [0.4, 0.5) is 10.1 Å². The molecule has 3 nitrogen and oxygen atoms in total. The van der Waals surface area contributed by atoms with Crippen molar-refractivity contribution in [1.82, 2.24) is 4.98 Å². The number of pyridine rings is 1. The van der Waals surface area contributed by atoms with Gasteiger partial charge in [0, 0.05) is 11.1 Å². The minimum atomic E-state index is -0.454. The zero-order chi connectivity index (χ0) is 16.9. The standard InChI is InChI=1S/C19H15FN2OS/c1-13-9-10-17(16(20)12-13)22-18(23)15-8-5-11-21-19(15)24-14-6-3-2-4-7-14/h2-12H,1H3,(H,22,23). The molecule has 0 bridgehead atoms. The molecule has 0 atom stereocenters. The summed E-state index contributed by atoms with van der Waals surface area (Å²) in [5, 5.41) is 3.19. The third kappa shape index (κ3) is 3.81. The molecule has 2 aromatic carbocycles. The molecule has 0 saturated carbocycles. The summed E-state index contributed by atoms with van der Waals surface area (Å²) in [7, 11) is 0. The van der Waals surface area contributed by atoms with Crippen molar-refractivity contribution in [3.63, 3.8) is 0 Å². The third-order valence-electron chi connectivity index (χ3n) is 3.35. The first-order valence-electron chi connectivity index (χ1n) is 7.39. The molecule has 120 valence electrons. The number of amides is 1. The monoisotopic (exact) mass is 338 g/mol. The lowest BCUT2D eigenvalue weighted by Gasteiger charge is -2.10. The number of carbonyl (C=O) groups excluding carboxylic acids is 1. The first-order chi connectivity index (χ1) is 11.6. The van der Waals surface area contributed by atoms with Crippen LogP contribution in [0.25, 0.3) is 0 Å². The van der Waals surface area contributed by atoms with E-state index in [1.807, 2.05) is 30.3 Å². The molecule has 1 amide bonds. The van der Waals surface area contributed by atoms with Crippen molar-refractivity contribution in [2.24, 2.45) is 0 Å². The van der Waals surface area contributed by atoms with Gasteiger partial charge in [0.2, 0.25) is 0 Å². The number of hydrogen-bond acceptors (Lipinski definition) is 3. The van der Waals surface area contributed by atoms with Gasteiger partial charge in [0.15, 0.2) is 0 Å². The van der Waals surface area contributed by atoms with Crippen molar-refractivity contribution in [1.29, 1.82) is 0 Å². The molecular weight excluding hydrogens is 323 g/mol. The molecule has 0 unspecified atom stereocenters. The van der Waals surface area contributed by atoms with Gasteiger partial charge in [-0.1, -0.05) is 36.0 Å². The highest BCUT2D eigenvalue weighted by molar-refractivity contribution is 7.99. The topological polar surface area (TPSA) is 42.0 Å². The summed E-state index contributed by atoms with van der Waals surface area (Å²) in [5.74, 6) is -0.839. The average Bonchev–Trinajstić information content (AvgIpc) is 2.59. The van der Waals surface area contributed by atoms with Crippen LogP contribution in [0, 0.1) is 12.7 Å². The SMILES string of the molecule is Cc1ccc(NC(=O)c2cccnc2Sc2ccccc2)c(F)c1. The molecule has 0 aliphatic heterocycles. The highest BCUT2D eigenvalue weighted by Crippen LogP contribution is 2.29. The average molecular weight is 338 g/mol. The van der Waals surface area contributed by atoms with Gasteiger partial charge in [-0.15, -0.1) is 0 Å². The van der Waals surface area contributed by atoms with Crippen LogP contribution in [0.15, 0.2) is 76.8 Å². The van der Waals surface area contributed by atoms with Crippen LogP contribution in [-0.4, -0.2) is 10.9 Å². The summed E-state index contributed by atoms with van der Waals surface area (Å²) in [6.07, 6.45) is 1.63. The van der Waals surface area contributed by atoms with E-state index in [0.29, 0.717) is 10.6 Å². The maximum absolute atomic E-state index is 13.9. The maximum atomic E-state index is 13.9. The van der Waals surface area contributed by atoms with Crippen molar-refractivity contribution < 1.29 is 9.18 Å². The number of aromatic nitrogens is 1. The summed E-state index contributed by atoms with van der Waals surface area (Å²) >= 11 is 1.39. The lowest BCUT2D eigenvalue weighted by molar-refractivity contribution is 0.102. The molecule has 5 heteroatoms. The third-order valence-corrected chi connectivity index (χ3v) is 4.37. The molecule has 0 aliphatic carbocycles. The van der Waals surface area contributed by atoms with Crippen LogP contribution in [-0.2, 0) is 0 Å². The van der Waals surface area contributed by atoms with E-state index in [2.05, 4.69) is 10.3 Å². The number of anilines is 1. The zero-order valence-electron chi connectivity index (χ0n) is 13.0. The van der Waals surface area contributed by atoms with Crippen LogP contribution in [0.5, 0.6) is 0 Å². The lowest BCUT2D eigenvalue weighted by atomic mass is 10.2. The molecule has 3 aromatic rings. The highest BCUT2D eigenvalue weighted by atomic mass is 32.2. The molecule has 0 fully saturated rings. The first kappa shape index (κ1) is 16.2. The van der Waals surface area contributed by atoms with Gasteiger partial charge in [-0.2, -0.15) is 0 Å². The number of benzene rings is 2. The molecule has 0 saturated heterocycles. The Kier molecular flexibility index (Phi) is 4.91. The van der Waals surface area contributed by atoms with Crippen LogP contribution < -0.4 is 5.32 Å². The van der Waals surface area contributed by atoms with E-state index in [1.54, 1.807) is 37.4 Å². The summed E-state index contributed by atoms with van der Waals surface area (Å²) in [6.45, 7) is 1.80. The molecule has 0 aliphatic rings. The van der Waals surface area contributed by atoms with Gasteiger partial charge in [-0.25, -0.2) is 9.37 Å². The number of rotatable bonds is 4. The zero-order valence-corrected chi connectivity index (χ0v) is 13.8. The number of hydrogen-bond donors (Lipinski definition) is 1. The largest absolute Gasteiger partial charge is 0.319 e. The number of aryl methyl sites for hydroxylation is 1. The second kappa shape index (κ2) is 7.27. The summed E-state index contributed by atoms with van der Waals surface area (Å²) in [6, 6.07) is 17.7. The van der Waals surface area contributed by atoms with Crippen LogP contribution in [0.2, 0.25) is 0 Å². The van der Waals surface area contributed by atoms with Crippen LogP contribution >= 0.6 is 11.8 Å². The fraction of sp³-hybridized carbons (Fsp3) is 0.0526. The van der Waals surface area contributed by atoms with Crippen molar-refractivity contribution in [3.8, 4) is 0 Å². The van der Waals surface area contributed by atoms with Gasteiger partial charge in [0.25, 0.3) is 5.91 Å². The van der Waals surface area contributed by atoms with Crippen LogP contribution in [0.3, 0.4) is 0 Å². The Labute approximate surface area is 143 Å². The van der Waals surface area contributed by atoms with Gasteiger partial charge in [0.05, 0.1) is 11.3 Å². The summed E-state index contributed by atoms with van der Waals surface area (Å²) in [5.41, 5.74) is 1.36. The fourth-order valence-corrected chi connectivity index (χ4v) is 3.06. The Balaban J connectivity index is 1.85. The smallest absolute Gasteiger partial charge is 0.258 e. The number of halogens is 1. The predicted octanol–water partition coefficient (Wildman–Crippen LogP) is 4.93. The second-order valence-corrected chi connectivity index (χ2v) is 6.27. The molecule has 0 radical (unpaired) electrons. The van der Waals surface area contributed by atoms with Gasteiger partial charge >= 0.3 is 0 Å². The Morgan fingerprint density at radius 1 is 1.08 bits per heavy atom. The second-order valence-electron chi connectivity index (χ2n) is 5.21. The normalized spacial score (nSPS) is 10.4. The highest BCUT2D eigenvalue weighted by Gasteiger charge is 2.15. The van der Waals surface area contributed by atoms with Crippen LogP contribution in [0.1, 0.15) is 15.9 Å². The van der Waals surface area contributed by atoms with Crippen molar-refractivity contribution in [3.05, 3.63) is 83.8 Å². The number of nitrogens with one attached hydrogen (secondary N) is 1.